The summed E-state index contributed by atoms with van der Waals surface area (Å²) in [5.74, 6) is 2.11. The second-order valence-corrected chi connectivity index (χ2v) is 5.52. The highest BCUT2D eigenvalue weighted by Gasteiger charge is 2.25. The number of hydrogen-bond donors (Lipinski definition) is 1. The minimum absolute atomic E-state index is 0.501. The zero-order valence-electron chi connectivity index (χ0n) is 11.4. The van der Waals surface area contributed by atoms with Crippen molar-refractivity contribution >= 4 is 10.8 Å². The van der Waals surface area contributed by atoms with Crippen molar-refractivity contribution in [2.24, 2.45) is 11.7 Å². The van der Waals surface area contributed by atoms with Crippen molar-refractivity contribution < 1.29 is 4.74 Å². The van der Waals surface area contributed by atoms with E-state index in [0.29, 0.717) is 11.8 Å². The lowest BCUT2D eigenvalue weighted by Gasteiger charge is -2.23. The standard InChI is InChI=1S/C17H21NO/c1-12(11-18)14-7-4-10-19-17-15-6-3-2-5-13(15)8-9-16(14)17/h2-3,5-6,8-9,12,14H,4,7,10-11,18H2,1H3. The summed E-state index contributed by atoms with van der Waals surface area (Å²) in [5.41, 5.74) is 7.22. The maximum atomic E-state index is 6.05. The SMILES string of the molecule is CC(CN)C1CCCOc2c1ccc1ccccc21. The van der Waals surface area contributed by atoms with Crippen LogP contribution in [0.25, 0.3) is 10.8 Å². The second-order valence-electron chi connectivity index (χ2n) is 5.52. The molecule has 2 N–H and O–H groups in total. The monoisotopic (exact) mass is 255 g/mol. The molecule has 2 heteroatoms. The van der Waals surface area contributed by atoms with Crippen molar-refractivity contribution in [2.75, 3.05) is 13.2 Å². The summed E-state index contributed by atoms with van der Waals surface area (Å²) in [7, 11) is 0. The molecule has 19 heavy (non-hydrogen) atoms. The minimum Gasteiger partial charge on any atom is -0.493 e. The number of hydrogen-bond acceptors (Lipinski definition) is 2. The first-order valence-corrected chi connectivity index (χ1v) is 7.15. The Morgan fingerprint density at radius 3 is 2.95 bits per heavy atom. The van der Waals surface area contributed by atoms with Crippen molar-refractivity contribution in [1.82, 2.24) is 0 Å². The van der Waals surface area contributed by atoms with Gasteiger partial charge in [-0.1, -0.05) is 43.3 Å². The summed E-state index contributed by atoms with van der Waals surface area (Å²) in [5, 5.41) is 2.48. The highest BCUT2D eigenvalue weighted by atomic mass is 16.5. The lowest BCUT2D eigenvalue weighted by atomic mass is 9.83. The summed E-state index contributed by atoms with van der Waals surface area (Å²) in [6.45, 7) is 3.79. The van der Waals surface area contributed by atoms with Gasteiger partial charge in [-0.3, -0.25) is 0 Å². The third-order valence-corrected chi connectivity index (χ3v) is 4.27. The van der Waals surface area contributed by atoms with E-state index in [9.17, 15) is 0 Å². The molecule has 1 aliphatic heterocycles. The van der Waals surface area contributed by atoms with Gasteiger partial charge in [-0.25, -0.2) is 0 Å². The molecule has 2 unspecified atom stereocenters. The Labute approximate surface area is 114 Å². The van der Waals surface area contributed by atoms with E-state index in [1.165, 1.54) is 22.8 Å². The lowest BCUT2D eigenvalue weighted by Crippen LogP contribution is -2.19. The average Bonchev–Trinajstić information content (AvgIpc) is 2.69. The van der Waals surface area contributed by atoms with Crippen LogP contribution in [0.5, 0.6) is 5.75 Å². The molecule has 0 aromatic heterocycles. The van der Waals surface area contributed by atoms with Crippen LogP contribution in [0.15, 0.2) is 36.4 Å². The van der Waals surface area contributed by atoms with Gasteiger partial charge in [0.1, 0.15) is 5.75 Å². The molecule has 0 radical (unpaired) electrons. The molecule has 0 spiro atoms. The molecule has 3 rings (SSSR count). The first kappa shape index (κ1) is 12.5. The van der Waals surface area contributed by atoms with Gasteiger partial charge in [-0.05, 0) is 42.2 Å². The maximum absolute atomic E-state index is 6.05. The van der Waals surface area contributed by atoms with Gasteiger partial charge in [-0.15, -0.1) is 0 Å². The van der Waals surface area contributed by atoms with Gasteiger partial charge in [0, 0.05) is 5.39 Å². The highest BCUT2D eigenvalue weighted by molar-refractivity contribution is 5.89. The molecule has 2 nitrogen and oxygen atoms in total. The maximum Gasteiger partial charge on any atom is 0.130 e. The Kier molecular flexibility index (Phi) is 3.43. The number of benzene rings is 2. The normalized spacial score (nSPS) is 20.4. The molecule has 0 bridgehead atoms. The van der Waals surface area contributed by atoms with E-state index in [0.717, 1.165) is 25.3 Å². The van der Waals surface area contributed by atoms with Crippen molar-refractivity contribution in [3.8, 4) is 5.75 Å². The van der Waals surface area contributed by atoms with Gasteiger partial charge >= 0.3 is 0 Å². The van der Waals surface area contributed by atoms with Gasteiger partial charge in [-0.2, -0.15) is 0 Å². The molecule has 2 aromatic rings. The molecule has 2 aromatic carbocycles. The van der Waals surface area contributed by atoms with Crippen molar-refractivity contribution in [2.45, 2.75) is 25.7 Å². The fourth-order valence-corrected chi connectivity index (χ4v) is 3.10. The first-order chi connectivity index (χ1) is 9.31. The Morgan fingerprint density at radius 2 is 2.11 bits per heavy atom. The number of rotatable bonds is 2. The average molecular weight is 255 g/mol. The van der Waals surface area contributed by atoms with Crippen molar-refractivity contribution in [3.05, 3.63) is 42.0 Å². The predicted molar refractivity (Wildman–Crippen MR) is 79.6 cm³/mol. The molecule has 2 atom stereocenters. The fourth-order valence-electron chi connectivity index (χ4n) is 3.10. The van der Waals surface area contributed by atoms with E-state index >= 15 is 0 Å². The van der Waals surface area contributed by atoms with Crippen molar-refractivity contribution in [3.63, 3.8) is 0 Å². The minimum atomic E-state index is 0.501. The van der Waals surface area contributed by atoms with E-state index in [1.807, 2.05) is 0 Å². The summed E-state index contributed by atoms with van der Waals surface area (Å²) in [6.07, 6.45) is 2.28. The molecule has 0 aliphatic carbocycles. The summed E-state index contributed by atoms with van der Waals surface area (Å²) < 4.78 is 6.05. The second kappa shape index (κ2) is 5.22. The van der Waals surface area contributed by atoms with Crippen LogP contribution in [0.4, 0.5) is 0 Å². The third kappa shape index (κ3) is 2.21. The molecular weight excluding hydrogens is 234 g/mol. The Morgan fingerprint density at radius 1 is 1.26 bits per heavy atom. The van der Waals surface area contributed by atoms with Crippen LogP contribution < -0.4 is 10.5 Å². The third-order valence-electron chi connectivity index (χ3n) is 4.27. The van der Waals surface area contributed by atoms with Crippen LogP contribution >= 0.6 is 0 Å². The van der Waals surface area contributed by atoms with E-state index in [1.54, 1.807) is 0 Å². The Hall–Kier alpha value is -1.54. The largest absolute Gasteiger partial charge is 0.493 e. The molecule has 0 amide bonds. The van der Waals surface area contributed by atoms with E-state index in [4.69, 9.17) is 10.5 Å². The topological polar surface area (TPSA) is 35.2 Å². The smallest absolute Gasteiger partial charge is 0.130 e. The van der Waals surface area contributed by atoms with Gasteiger partial charge in [0.05, 0.1) is 6.61 Å². The van der Waals surface area contributed by atoms with Crippen LogP contribution in [-0.2, 0) is 0 Å². The molecule has 1 aliphatic rings. The summed E-state index contributed by atoms with van der Waals surface area (Å²) >= 11 is 0. The molecule has 0 fully saturated rings. The fraction of sp³-hybridized carbons (Fsp3) is 0.412. The zero-order chi connectivity index (χ0) is 13.2. The zero-order valence-corrected chi connectivity index (χ0v) is 11.4. The van der Waals surface area contributed by atoms with Crippen LogP contribution in [0.2, 0.25) is 0 Å². The summed E-state index contributed by atoms with van der Waals surface area (Å²) in [6, 6.07) is 12.9. The number of fused-ring (bicyclic) bond motifs is 3. The number of nitrogens with two attached hydrogens (primary N) is 1. The van der Waals surface area contributed by atoms with Gasteiger partial charge < -0.3 is 10.5 Å². The van der Waals surface area contributed by atoms with E-state index in [2.05, 4.69) is 43.3 Å². The van der Waals surface area contributed by atoms with Gasteiger partial charge in [0.15, 0.2) is 0 Å². The Balaban J connectivity index is 2.17. The van der Waals surface area contributed by atoms with Crippen LogP contribution in [0.3, 0.4) is 0 Å². The van der Waals surface area contributed by atoms with Gasteiger partial charge in [0.2, 0.25) is 0 Å². The molecular formula is C17H21NO. The van der Waals surface area contributed by atoms with Crippen LogP contribution in [-0.4, -0.2) is 13.2 Å². The first-order valence-electron chi connectivity index (χ1n) is 7.15. The number of ether oxygens (including phenoxy) is 1. The van der Waals surface area contributed by atoms with Crippen LogP contribution in [0.1, 0.15) is 31.2 Å². The molecule has 0 saturated carbocycles. The van der Waals surface area contributed by atoms with Crippen molar-refractivity contribution in [1.29, 1.82) is 0 Å². The van der Waals surface area contributed by atoms with Crippen LogP contribution in [0, 0.1) is 5.92 Å². The molecule has 100 valence electrons. The molecule has 0 saturated heterocycles. The van der Waals surface area contributed by atoms with E-state index in [-0.39, 0.29) is 0 Å². The molecule has 1 heterocycles. The lowest BCUT2D eigenvalue weighted by molar-refractivity contribution is 0.317. The summed E-state index contributed by atoms with van der Waals surface area (Å²) in [4.78, 5) is 0. The highest BCUT2D eigenvalue weighted by Crippen LogP contribution is 2.41. The quantitative estimate of drug-likeness (QED) is 0.888. The Bertz CT molecular complexity index is 578. The van der Waals surface area contributed by atoms with Gasteiger partial charge in [0.25, 0.3) is 0 Å². The predicted octanol–water partition coefficient (Wildman–Crippen LogP) is 3.69. The van der Waals surface area contributed by atoms with E-state index < -0.39 is 0 Å².